The van der Waals surface area contributed by atoms with Crippen molar-refractivity contribution in [3.63, 3.8) is 0 Å². The first-order valence-electron chi connectivity index (χ1n) is 10.4. The van der Waals surface area contributed by atoms with E-state index in [2.05, 4.69) is 11.9 Å². The monoisotopic (exact) mass is 478 g/mol. The molecule has 8 heteroatoms. The van der Waals surface area contributed by atoms with Crippen LogP contribution in [0.3, 0.4) is 0 Å². The number of benzene rings is 2. The zero-order chi connectivity index (χ0) is 23.3. The van der Waals surface area contributed by atoms with Gasteiger partial charge in [-0.05, 0) is 60.9 Å². The standard InChI is InChI=1S/C25H19ClN2O4S/c1-3-14-5-10-17-19(12-14)33-25(27-17)28-21(15-6-8-16(26)9-7-15)20(23(30)24(28)31)22(29)18-11-4-13(2)32-18/h4-12,21,30H,3H2,1-2H3/t21-/m0/s1. The van der Waals surface area contributed by atoms with Crippen LogP contribution in [0.5, 0.6) is 0 Å². The number of aliphatic hydroxyl groups is 1. The summed E-state index contributed by atoms with van der Waals surface area (Å²) < 4.78 is 6.42. The third-order valence-corrected chi connectivity index (χ3v) is 6.93. The van der Waals surface area contributed by atoms with E-state index in [1.165, 1.54) is 22.3 Å². The van der Waals surface area contributed by atoms with Crippen molar-refractivity contribution < 1.29 is 19.1 Å². The third kappa shape index (κ3) is 3.63. The van der Waals surface area contributed by atoms with Crippen LogP contribution in [0.4, 0.5) is 5.13 Å². The van der Waals surface area contributed by atoms with Crippen molar-refractivity contribution in [2.24, 2.45) is 0 Å². The van der Waals surface area contributed by atoms with Crippen LogP contribution in [0.15, 0.2) is 70.3 Å². The second kappa shape index (κ2) is 8.17. The van der Waals surface area contributed by atoms with Crippen molar-refractivity contribution in [2.75, 3.05) is 4.90 Å². The van der Waals surface area contributed by atoms with Crippen LogP contribution in [0.2, 0.25) is 5.02 Å². The number of halogens is 1. The Labute approximate surface area is 198 Å². The Morgan fingerprint density at radius 2 is 1.94 bits per heavy atom. The number of aliphatic hydroxyl groups excluding tert-OH is 1. The predicted octanol–water partition coefficient (Wildman–Crippen LogP) is 6.20. The van der Waals surface area contributed by atoms with E-state index in [1.54, 1.807) is 37.3 Å². The number of rotatable bonds is 5. The number of hydrogen-bond donors (Lipinski definition) is 1. The molecular weight excluding hydrogens is 460 g/mol. The molecule has 2 aromatic heterocycles. The molecule has 0 saturated heterocycles. The lowest BCUT2D eigenvalue weighted by atomic mass is 9.95. The van der Waals surface area contributed by atoms with E-state index < -0.39 is 23.5 Å². The highest BCUT2D eigenvalue weighted by atomic mass is 35.5. The van der Waals surface area contributed by atoms with Gasteiger partial charge in [0.15, 0.2) is 16.7 Å². The number of carbonyl (C=O) groups is 2. The minimum atomic E-state index is -0.876. The number of anilines is 1. The summed E-state index contributed by atoms with van der Waals surface area (Å²) >= 11 is 7.41. The molecule has 2 aromatic carbocycles. The molecule has 1 aliphatic heterocycles. The first kappa shape index (κ1) is 21.4. The molecule has 3 heterocycles. The Balaban J connectivity index is 1.66. The van der Waals surface area contributed by atoms with Gasteiger partial charge >= 0.3 is 0 Å². The Kier molecular flexibility index (Phi) is 5.31. The molecule has 0 aliphatic carbocycles. The van der Waals surface area contributed by atoms with Crippen molar-refractivity contribution in [3.05, 3.63) is 93.6 Å². The number of carbonyl (C=O) groups excluding carboxylic acids is 2. The molecule has 1 aliphatic rings. The molecule has 0 radical (unpaired) electrons. The Morgan fingerprint density at radius 1 is 1.18 bits per heavy atom. The fraction of sp³-hybridized carbons (Fsp3) is 0.160. The van der Waals surface area contributed by atoms with E-state index in [0.29, 0.717) is 21.5 Å². The lowest BCUT2D eigenvalue weighted by molar-refractivity contribution is -0.117. The van der Waals surface area contributed by atoms with Crippen molar-refractivity contribution in [1.82, 2.24) is 4.98 Å². The zero-order valence-electron chi connectivity index (χ0n) is 17.8. The number of Topliss-reactive ketones (excluding diaryl/α,β-unsaturated/α-hetero) is 1. The van der Waals surface area contributed by atoms with Crippen LogP contribution in [0.25, 0.3) is 10.2 Å². The molecule has 5 rings (SSSR count). The average molecular weight is 479 g/mol. The maximum absolute atomic E-state index is 13.4. The molecule has 4 aromatic rings. The number of nitrogens with zero attached hydrogens (tertiary/aromatic N) is 2. The summed E-state index contributed by atoms with van der Waals surface area (Å²) in [5, 5.41) is 11.8. The van der Waals surface area contributed by atoms with E-state index in [0.717, 1.165) is 22.2 Å². The zero-order valence-corrected chi connectivity index (χ0v) is 19.4. The fourth-order valence-electron chi connectivity index (χ4n) is 3.96. The molecule has 1 atom stereocenters. The second-order valence-electron chi connectivity index (χ2n) is 7.78. The number of fused-ring (bicyclic) bond motifs is 1. The normalized spacial score (nSPS) is 16.3. The van der Waals surface area contributed by atoms with Gasteiger partial charge in [-0.3, -0.25) is 14.5 Å². The molecule has 0 saturated carbocycles. The van der Waals surface area contributed by atoms with Crippen molar-refractivity contribution >= 4 is 50.0 Å². The summed E-state index contributed by atoms with van der Waals surface area (Å²) in [6.45, 7) is 3.79. The summed E-state index contributed by atoms with van der Waals surface area (Å²) in [6, 6.07) is 15.1. The maximum atomic E-state index is 13.4. The highest BCUT2D eigenvalue weighted by Crippen LogP contribution is 2.44. The molecule has 33 heavy (non-hydrogen) atoms. The van der Waals surface area contributed by atoms with Gasteiger partial charge in [0.25, 0.3) is 5.91 Å². The van der Waals surface area contributed by atoms with Crippen molar-refractivity contribution in [1.29, 1.82) is 0 Å². The van der Waals surface area contributed by atoms with Crippen molar-refractivity contribution in [2.45, 2.75) is 26.3 Å². The van der Waals surface area contributed by atoms with Crippen LogP contribution in [0, 0.1) is 6.92 Å². The van der Waals surface area contributed by atoms with Crippen LogP contribution < -0.4 is 4.90 Å². The highest BCUT2D eigenvalue weighted by Gasteiger charge is 2.46. The average Bonchev–Trinajstić information content (AvgIpc) is 3.49. The quantitative estimate of drug-likeness (QED) is 0.345. The number of aromatic nitrogens is 1. The van der Waals surface area contributed by atoms with Crippen molar-refractivity contribution in [3.8, 4) is 0 Å². The topological polar surface area (TPSA) is 83.6 Å². The molecule has 0 bridgehead atoms. The molecule has 1 amide bonds. The molecule has 6 nitrogen and oxygen atoms in total. The van der Waals surface area contributed by atoms with Gasteiger partial charge in [0.05, 0.1) is 21.8 Å². The number of ketones is 1. The Morgan fingerprint density at radius 3 is 2.61 bits per heavy atom. The van der Waals surface area contributed by atoms with E-state index in [9.17, 15) is 14.7 Å². The number of thiazole rings is 1. The minimum absolute atomic E-state index is 0.0508. The number of furan rings is 1. The molecular formula is C25H19ClN2O4S. The van der Waals surface area contributed by atoms with E-state index >= 15 is 0 Å². The maximum Gasteiger partial charge on any atom is 0.296 e. The summed E-state index contributed by atoms with van der Waals surface area (Å²) in [4.78, 5) is 32.7. The number of hydrogen-bond acceptors (Lipinski definition) is 6. The van der Waals surface area contributed by atoms with E-state index in [1.807, 2.05) is 18.2 Å². The number of aryl methyl sites for hydroxylation is 2. The first-order valence-corrected chi connectivity index (χ1v) is 11.6. The molecule has 0 fully saturated rings. The lowest BCUT2D eigenvalue weighted by Crippen LogP contribution is -2.30. The molecule has 0 spiro atoms. The third-order valence-electron chi connectivity index (χ3n) is 5.66. The highest BCUT2D eigenvalue weighted by molar-refractivity contribution is 7.22. The molecule has 0 unspecified atom stereocenters. The minimum Gasteiger partial charge on any atom is -0.503 e. The van der Waals surface area contributed by atoms with Crippen LogP contribution in [-0.2, 0) is 11.2 Å². The van der Waals surface area contributed by atoms with Crippen LogP contribution >= 0.6 is 22.9 Å². The predicted molar refractivity (Wildman–Crippen MR) is 128 cm³/mol. The largest absolute Gasteiger partial charge is 0.503 e. The fourth-order valence-corrected chi connectivity index (χ4v) is 5.15. The summed E-state index contributed by atoms with van der Waals surface area (Å²) in [7, 11) is 0. The van der Waals surface area contributed by atoms with E-state index in [4.69, 9.17) is 16.0 Å². The number of amides is 1. The van der Waals surface area contributed by atoms with E-state index in [-0.39, 0.29) is 11.3 Å². The van der Waals surface area contributed by atoms with Gasteiger partial charge < -0.3 is 9.52 Å². The van der Waals surface area contributed by atoms with Crippen LogP contribution in [-0.4, -0.2) is 21.8 Å². The van der Waals surface area contributed by atoms with Gasteiger partial charge in [-0.15, -0.1) is 0 Å². The van der Waals surface area contributed by atoms with Gasteiger partial charge in [0.2, 0.25) is 5.78 Å². The molecule has 166 valence electrons. The Bertz CT molecular complexity index is 1430. The molecule has 1 N–H and O–H groups in total. The van der Waals surface area contributed by atoms with Gasteiger partial charge in [0.1, 0.15) is 5.76 Å². The SMILES string of the molecule is CCc1ccc2nc(N3C(=O)C(O)=C(C(=O)c4ccc(C)o4)[C@@H]3c3ccc(Cl)cc3)sc2c1. The van der Waals surface area contributed by atoms with Gasteiger partial charge in [-0.1, -0.05) is 48.1 Å². The smallest absolute Gasteiger partial charge is 0.296 e. The summed E-state index contributed by atoms with van der Waals surface area (Å²) in [5.74, 6) is -1.23. The summed E-state index contributed by atoms with van der Waals surface area (Å²) in [6.07, 6.45) is 0.878. The second-order valence-corrected chi connectivity index (χ2v) is 9.23. The Hall–Kier alpha value is -3.42. The van der Waals surface area contributed by atoms with Crippen LogP contribution in [0.1, 0.15) is 40.4 Å². The first-order chi connectivity index (χ1) is 15.9. The van der Waals surface area contributed by atoms with Gasteiger partial charge in [-0.25, -0.2) is 4.98 Å². The summed E-state index contributed by atoms with van der Waals surface area (Å²) in [5.41, 5.74) is 2.47. The van der Waals surface area contributed by atoms with Gasteiger partial charge in [-0.2, -0.15) is 0 Å². The van der Waals surface area contributed by atoms with Gasteiger partial charge in [0, 0.05) is 5.02 Å². The lowest BCUT2D eigenvalue weighted by Gasteiger charge is -2.24.